The predicted molar refractivity (Wildman–Crippen MR) is 98.9 cm³/mol. The van der Waals surface area contributed by atoms with Crippen molar-refractivity contribution in [3.8, 4) is 11.5 Å². The molecule has 29 heavy (non-hydrogen) atoms. The fraction of sp³-hybridized carbons (Fsp3) is 0.526. The molecule has 1 aliphatic carbocycles. The summed E-state index contributed by atoms with van der Waals surface area (Å²) >= 11 is 0. The van der Waals surface area contributed by atoms with Crippen LogP contribution in [-0.2, 0) is 24.6 Å². The number of aromatic nitrogens is 5. The summed E-state index contributed by atoms with van der Waals surface area (Å²) in [6.07, 6.45) is 8.35. The lowest BCUT2D eigenvalue weighted by molar-refractivity contribution is -0.00631. The first-order valence-corrected chi connectivity index (χ1v) is 9.89. The number of carbonyl (C=O) groups excluding carboxylic acids is 1. The second-order valence-electron chi connectivity index (χ2n) is 7.44. The molecule has 0 radical (unpaired) electrons. The van der Waals surface area contributed by atoms with Crippen molar-refractivity contribution in [2.75, 3.05) is 19.8 Å². The van der Waals surface area contributed by atoms with Crippen LogP contribution in [0.3, 0.4) is 0 Å². The molecule has 0 aromatic carbocycles. The molecule has 4 heterocycles. The number of morpholine rings is 1. The van der Waals surface area contributed by atoms with Crippen LogP contribution in [0.5, 0.6) is 0 Å². The second kappa shape index (κ2) is 7.43. The summed E-state index contributed by atoms with van der Waals surface area (Å²) in [5, 5.41) is 12.3. The number of fused-ring (bicyclic) bond motifs is 1. The molecule has 1 aliphatic heterocycles. The molecule has 152 valence electrons. The first-order valence-electron chi connectivity index (χ1n) is 9.89. The zero-order chi connectivity index (χ0) is 19.8. The molecule has 1 saturated heterocycles. The Labute approximate surface area is 166 Å². The van der Waals surface area contributed by atoms with Gasteiger partial charge < -0.3 is 18.7 Å². The van der Waals surface area contributed by atoms with Gasteiger partial charge in [-0.3, -0.25) is 9.48 Å². The van der Waals surface area contributed by atoms with Crippen molar-refractivity contribution in [2.24, 2.45) is 7.05 Å². The Morgan fingerprint density at radius 3 is 2.93 bits per heavy atom. The van der Waals surface area contributed by atoms with E-state index in [0.717, 1.165) is 49.0 Å². The van der Waals surface area contributed by atoms with Crippen molar-refractivity contribution in [1.29, 1.82) is 0 Å². The molecular formula is C19H22N6O4. The first-order chi connectivity index (χ1) is 14.2. The highest BCUT2D eigenvalue weighted by atomic mass is 16.5. The van der Waals surface area contributed by atoms with Crippen LogP contribution in [0.25, 0.3) is 11.5 Å². The molecule has 10 nitrogen and oxygen atoms in total. The van der Waals surface area contributed by atoms with Crippen LogP contribution in [-0.4, -0.2) is 55.6 Å². The molecule has 1 amide bonds. The Kier molecular flexibility index (Phi) is 4.62. The second-order valence-corrected chi connectivity index (χ2v) is 7.44. The number of hydrogen-bond acceptors (Lipinski definition) is 8. The summed E-state index contributed by atoms with van der Waals surface area (Å²) in [5.74, 6) is 1.44. The summed E-state index contributed by atoms with van der Waals surface area (Å²) < 4.78 is 18.2. The van der Waals surface area contributed by atoms with Crippen LogP contribution < -0.4 is 0 Å². The highest BCUT2D eigenvalue weighted by Gasteiger charge is 2.36. The Balaban J connectivity index is 1.43. The van der Waals surface area contributed by atoms with Gasteiger partial charge in [0.05, 0.1) is 25.0 Å². The molecule has 1 fully saturated rings. The van der Waals surface area contributed by atoms with E-state index in [0.29, 0.717) is 37.2 Å². The van der Waals surface area contributed by atoms with Gasteiger partial charge in [0.2, 0.25) is 0 Å². The van der Waals surface area contributed by atoms with Gasteiger partial charge in [-0.2, -0.15) is 10.1 Å². The normalized spacial score (nSPS) is 19.8. The molecule has 0 N–H and O–H groups in total. The van der Waals surface area contributed by atoms with Crippen LogP contribution in [0.1, 0.15) is 52.9 Å². The lowest BCUT2D eigenvalue weighted by atomic mass is 10.1. The van der Waals surface area contributed by atoms with E-state index in [2.05, 4.69) is 20.4 Å². The largest absolute Gasteiger partial charge is 0.377 e. The van der Waals surface area contributed by atoms with E-state index in [4.69, 9.17) is 13.8 Å². The van der Waals surface area contributed by atoms with Gasteiger partial charge in [0.25, 0.3) is 11.8 Å². The number of nitrogens with zero attached hydrogens (tertiary/aromatic N) is 6. The van der Waals surface area contributed by atoms with E-state index >= 15 is 0 Å². The average Bonchev–Trinajstić information content (AvgIpc) is 3.45. The van der Waals surface area contributed by atoms with Crippen LogP contribution in [0.4, 0.5) is 0 Å². The summed E-state index contributed by atoms with van der Waals surface area (Å²) in [6, 6.07) is -0.441. The van der Waals surface area contributed by atoms with Crippen molar-refractivity contribution >= 4 is 5.91 Å². The Morgan fingerprint density at radius 1 is 1.17 bits per heavy atom. The fourth-order valence-corrected chi connectivity index (χ4v) is 3.95. The summed E-state index contributed by atoms with van der Waals surface area (Å²) in [5.41, 5.74) is 2.08. The molecule has 10 heteroatoms. The summed E-state index contributed by atoms with van der Waals surface area (Å²) in [6.45, 7) is 1.19. The molecule has 1 atom stereocenters. The third-order valence-corrected chi connectivity index (χ3v) is 5.48. The molecule has 2 aliphatic rings. The van der Waals surface area contributed by atoms with Crippen LogP contribution in [0, 0.1) is 0 Å². The molecule has 0 spiro atoms. The van der Waals surface area contributed by atoms with Gasteiger partial charge >= 0.3 is 0 Å². The maximum Gasteiger partial charge on any atom is 0.277 e. The average molecular weight is 398 g/mol. The van der Waals surface area contributed by atoms with Gasteiger partial charge in [0.15, 0.2) is 11.5 Å². The molecule has 0 bridgehead atoms. The van der Waals surface area contributed by atoms with Gasteiger partial charge in [0.1, 0.15) is 11.8 Å². The SMILES string of the molecule is Cn1cc(-c2nc(C3COCCN3C(=O)c3noc4c3CCCCC4)no2)cn1. The lowest BCUT2D eigenvalue weighted by Crippen LogP contribution is -2.44. The maximum absolute atomic E-state index is 13.4. The fourth-order valence-electron chi connectivity index (χ4n) is 3.95. The Morgan fingerprint density at radius 2 is 2.07 bits per heavy atom. The maximum atomic E-state index is 13.4. The smallest absolute Gasteiger partial charge is 0.277 e. The number of amides is 1. The van der Waals surface area contributed by atoms with Crippen molar-refractivity contribution in [3.05, 3.63) is 35.2 Å². The minimum Gasteiger partial charge on any atom is -0.377 e. The summed E-state index contributed by atoms with van der Waals surface area (Å²) in [7, 11) is 1.82. The van der Waals surface area contributed by atoms with Gasteiger partial charge in [0, 0.05) is 31.8 Å². The van der Waals surface area contributed by atoms with Gasteiger partial charge in [-0.05, 0) is 19.3 Å². The third-order valence-electron chi connectivity index (χ3n) is 5.48. The zero-order valence-electron chi connectivity index (χ0n) is 16.2. The van der Waals surface area contributed by atoms with E-state index in [9.17, 15) is 4.79 Å². The van der Waals surface area contributed by atoms with Crippen LogP contribution >= 0.6 is 0 Å². The van der Waals surface area contributed by atoms with E-state index < -0.39 is 6.04 Å². The topological polar surface area (TPSA) is 112 Å². The standard InChI is InChI=1S/C19H22N6O4/c1-24-10-12(9-20-24)18-21-17(23-29-18)14-11-27-8-7-25(14)19(26)16-13-5-3-2-4-6-15(13)28-22-16/h9-10,14H,2-8,11H2,1H3. The molecule has 5 rings (SSSR count). The lowest BCUT2D eigenvalue weighted by Gasteiger charge is -2.33. The Bertz CT molecular complexity index is 1020. The van der Waals surface area contributed by atoms with Crippen molar-refractivity contribution in [1.82, 2.24) is 30.0 Å². The van der Waals surface area contributed by atoms with Gasteiger partial charge in [-0.15, -0.1) is 0 Å². The first kappa shape index (κ1) is 18.0. The van der Waals surface area contributed by atoms with Crippen LogP contribution in [0.15, 0.2) is 21.4 Å². The summed E-state index contributed by atoms with van der Waals surface area (Å²) in [4.78, 5) is 19.6. The highest BCUT2D eigenvalue weighted by Crippen LogP contribution is 2.29. The molecule has 3 aromatic heterocycles. The van der Waals surface area contributed by atoms with Crippen molar-refractivity contribution in [3.63, 3.8) is 0 Å². The minimum atomic E-state index is -0.441. The highest BCUT2D eigenvalue weighted by molar-refractivity contribution is 5.94. The van der Waals surface area contributed by atoms with E-state index in [1.54, 1.807) is 22.0 Å². The van der Waals surface area contributed by atoms with Crippen molar-refractivity contribution in [2.45, 2.75) is 38.1 Å². The van der Waals surface area contributed by atoms with Crippen molar-refractivity contribution < 1.29 is 18.6 Å². The zero-order valence-corrected chi connectivity index (χ0v) is 16.2. The number of ether oxygens (including phenoxy) is 1. The molecule has 0 saturated carbocycles. The van der Waals surface area contributed by atoms with E-state index in [1.807, 2.05) is 7.05 Å². The molecule has 3 aromatic rings. The number of rotatable bonds is 3. The monoisotopic (exact) mass is 398 g/mol. The van der Waals surface area contributed by atoms with E-state index in [-0.39, 0.29) is 5.91 Å². The van der Waals surface area contributed by atoms with Crippen LogP contribution in [0.2, 0.25) is 0 Å². The van der Waals surface area contributed by atoms with Gasteiger partial charge in [-0.25, -0.2) is 0 Å². The number of carbonyl (C=O) groups is 1. The quantitative estimate of drug-likeness (QED) is 0.615. The third kappa shape index (κ3) is 3.33. The van der Waals surface area contributed by atoms with E-state index in [1.165, 1.54) is 0 Å². The Hall–Kier alpha value is -3.01. The minimum absolute atomic E-state index is 0.169. The number of hydrogen-bond donors (Lipinski definition) is 0. The predicted octanol–water partition coefficient (Wildman–Crippen LogP) is 1.94. The molecule has 1 unspecified atom stereocenters. The van der Waals surface area contributed by atoms with Gasteiger partial charge in [-0.1, -0.05) is 16.7 Å². The number of aryl methyl sites for hydroxylation is 2. The molecular weight excluding hydrogens is 376 g/mol.